The Kier molecular flexibility index (Phi) is 2.37. The first kappa shape index (κ1) is 8.77. The van der Waals surface area contributed by atoms with Crippen LogP contribution in [0.25, 0.3) is 10.6 Å². The Labute approximate surface area is 86.6 Å². The summed E-state index contributed by atoms with van der Waals surface area (Å²) in [6.07, 6.45) is 0. The summed E-state index contributed by atoms with van der Waals surface area (Å²) in [5, 5.41) is 8.05. The highest BCUT2D eigenvalue weighted by molar-refractivity contribution is 9.10. The van der Waals surface area contributed by atoms with E-state index < -0.39 is 0 Å². The Morgan fingerprint density at radius 3 is 2.92 bits per heavy atom. The smallest absolute Gasteiger partial charge is 0.150 e. The molecular weight excluding hydrogens is 255 g/mol. The van der Waals surface area contributed by atoms with Crippen LogP contribution in [0, 0.1) is 5.82 Å². The number of aromatic nitrogens is 2. The van der Waals surface area contributed by atoms with Crippen molar-refractivity contribution in [2.75, 3.05) is 0 Å². The van der Waals surface area contributed by atoms with E-state index >= 15 is 0 Å². The number of benzene rings is 1. The predicted octanol–water partition coefficient (Wildman–Crippen LogP) is 3.11. The van der Waals surface area contributed by atoms with E-state index in [0.717, 1.165) is 0 Å². The fourth-order valence-corrected chi connectivity index (χ4v) is 1.90. The summed E-state index contributed by atoms with van der Waals surface area (Å²) in [5.74, 6) is -0.292. The fraction of sp³-hybridized carbons (Fsp3) is 0. The lowest BCUT2D eigenvalue weighted by Gasteiger charge is -1.98. The Balaban J connectivity index is 2.59. The van der Waals surface area contributed by atoms with Crippen LogP contribution in [-0.2, 0) is 0 Å². The van der Waals surface area contributed by atoms with Crippen LogP contribution in [0.1, 0.15) is 0 Å². The standard InChI is InChI=1S/C8H4BrFN2S/c9-6-3-1-2-5(7(6)10)8-12-11-4-13-8/h1-4H. The van der Waals surface area contributed by atoms with Crippen LogP contribution in [0.15, 0.2) is 28.2 Å². The number of hydrogen-bond acceptors (Lipinski definition) is 3. The van der Waals surface area contributed by atoms with Crippen molar-refractivity contribution >= 4 is 27.3 Å². The van der Waals surface area contributed by atoms with Gasteiger partial charge < -0.3 is 0 Å². The second-order valence-corrected chi connectivity index (χ2v) is 4.03. The average Bonchev–Trinajstić information content (AvgIpc) is 2.62. The van der Waals surface area contributed by atoms with Crippen LogP contribution in [0.5, 0.6) is 0 Å². The van der Waals surface area contributed by atoms with Crippen molar-refractivity contribution in [2.24, 2.45) is 0 Å². The van der Waals surface area contributed by atoms with Gasteiger partial charge in [0.25, 0.3) is 0 Å². The molecule has 13 heavy (non-hydrogen) atoms. The zero-order valence-electron chi connectivity index (χ0n) is 6.37. The van der Waals surface area contributed by atoms with E-state index in [1.807, 2.05) is 0 Å². The minimum Gasteiger partial charge on any atom is -0.205 e. The van der Waals surface area contributed by atoms with Gasteiger partial charge in [0.2, 0.25) is 0 Å². The summed E-state index contributed by atoms with van der Waals surface area (Å²) in [4.78, 5) is 0. The van der Waals surface area contributed by atoms with E-state index in [-0.39, 0.29) is 5.82 Å². The highest BCUT2D eigenvalue weighted by atomic mass is 79.9. The lowest BCUT2D eigenvalue weighted by molar-refractivity contribution is 0.624. The molecule has 2 aromatic rings. The van der Waals surface area contributed by atoms with Gasteiger partial charge in [-0.25, -0.2) is 4.39 Å². The molecule has 0 radical (unpaired) electrons. The van der Waals surface area contributed by atoms with Gasteiger partial charge in [-0.05, 0) is 28.1 Å². The zero-order valence-corrected chi connectivity index (χ0v) is 8.77. The van der Waals surface area contributed by atoms with Crippen molar-refractivity contribution < 1.29 is 4.39 Å². The molecule has 2 rings (SSSR count). The highest BCUT2D eigenvalue weighted by Gasteiger charge is 2.09. The summed E-state index contributed by atoms with van der Waals surface area (Å²) >= 11 is 4.43. The maximum atomic E-state index is 13.5. The van der Waals surface area contributed by atoms with E-state index in [0.29, 0.717) is 15.0 Å². The molecule has 66 valence electrons. The first-order valence-electron chi connectivity index (χ1n) is 3.49. The van der Waals surface area contributed by atoms with Gasteiger partial charge in [0.15, 0.2) is 5.01 Å². The maximum absolute atomic E-state index is 13.5. The number of nitrogens with zero attached hydrogens (tertiary/aromatic N) is 2. The molecule has 0 unspecified atom stereocenters. The molecule has 0 saturated carbocycles. The molecule has 1 aromatic carbocycles. The molecule has 0 spiro atoms. The summed E-state index contributed by atoms with van der Waals surface area (Å²) < 4.78 is 13.9. The SMILES string of the molecule is Fc1c(Br)cccc1-c1nncs1. The van der Waals surface area contributed by atoms with Crippen molar-refractivity contribution in [3.8, 4) is 10.6 Å². The van der Waals surface area contributed by atoms with Gasteiger partial charge in [-0.15, -0.1) is 10.2 Å². The van der Waals surface area contributed by atoms with Crippen molar-refractivity contribution in [3.05, 3.63) is 34.0 Å². The van der Waals surface area contributed by atoms with Gasteiger partial charge in [-0.3, -0.25) is 0 Å². The van der Waals surface area contributed by atoms with Crippen molar-refractivity contribution in [1.29, 1.82) is 0 Å². The van der Waals surface area contributed by atoms with Gasteiger partial charge in [-0.1, -0.05) is 17.4 Å². The largest absolute Gasteiger partial charge is 0.205 e. The summed E-state index contributed by atoms with van der Waals surface area (Å²) in [6, 6.07) is 5.10. The second kappa shape index (κ2) is 3.51. The summed E-state index contributed by atoms with van der Waals surface area (Å²) in [5.41, 5.74) is 2.06. The van der Waals surface area contributed by atoms with E-state index in [4.69, 9.17) is 0 Å². The third-order valence-corrected chi connectivity index (χ3v) is 2.88. The van der Waals surface area contributed by atoms with Gasteiger partial charge in [-0.2, -0.15) is 0 Å². The van der Waals surface area contributed by atoms with E-state index in [9.17, 15) is 4.39 Å². The van der Waals surface area contributed by atoms with Crippen LogP contribution in [0.3, 0.4) is 0 Å². The molecule has 0 aliphatic rings. The van der Waals surface area contributed by atoms with Gasteiger partial charge >= 0.3 is 0 Å². The Morgan fingerprint density at radius 2 is 2.23 bits per heavy atom. The first-order chi connectivity index (χ1) is 6.29. The van der Waals surface area contributed by atoms with Crippen LogP contribution < -0.4 is 0 Å². The quantitative estimate of drug-likeness (QED) is 0.786. The van der Waals surface area contributed by atoms with Crippen molar-refractivity contribution in [1.82, 2.24) is 10.2 Å². The third-order valence-electron chi connectivity index (χ3n) is 1.54. The molecule has 1 aromatic heterocycles. The molecule has 5 heteroatoms. The average molecular weight is 259 g/mol. The van der Waals surface area contributed by atoms with Crippen LogP contribution >= 0.6 is 27.3 Å². The maximum Gasteiger partial charge on any atom is 0.150 e. The minimum atomic E-state index is -0.292. The topological polar surface area (TPSA) is 25.8 Å². The number of halogens is 2. The second-order valence-electron chi connectivity index (χ2n) is 2.35. The molecule has 0 N–H and O–H groups in total. The van der Waals surface area contributed by atoms with Gasteiger partial charge in [0, 0.05) is 5.56 Å². The van der Waals surface area contributed by atoms with Crippen LogP contribution in [0.2, 0.25) is 0 Å². The summed E-state index contributed by atoms with van der Waals surface area (Å²) in [6.45, 7) is 0. The molecule has 1 heterocycles. The molecule has 2 nitrogen and oxygen atoms in total. The monoisotopic (exact) mass is 258 g/mol. The van der Waals surface area contributed by atoms with E-state index in [2.05, 4.69) is 26.1 Å². The molecular formula is C8H4BrFN2S. The Bertz CT molecular complexity index is 416. The van der Waals surface area contributed by atoms with Crippen LogP contribution in [0.4, 0.5) is 4.39 Å². The first-order valence-corrected chi connectivity index (χ1v) is 5.17. The molecule has 0 bridgehead atoms. The molecule has 0 aliphatic heterocycles. The lowest BCUT2D eigenvalue weighted by atomic mass is 10.2. The lowest BCUT2D eigenvalue weighted by Crippen LogP contribution is -1.84. The van der Waals surface area contributed by atoms with Gasteiger partial charge in [0.05, 0.1) is 4.47 Å². The van der Waals surface area contributed by atoms with E-state index in [1.54, 1.807) is 23.7 Å². The van der Waals surface area contributed by atoms with Crippen LogP contribution in [-0.4, -0.2) is 10.2 Å². The highest BCUT2D eigenvalue weighted by Crippen LogP contribution is 2.28. The molecule has 0 amide bonds. The molecule has 0 fully saturated rings. The Morgan fingerprint density at radius 1 is 1.38 bits per heavy atom. The molecule has 0 atom stereocenters. The Hall–Kier alpha value is -0.810. The predicted molar refractivity (Wildman–Crippen MR) is 53.0 cm³/mol. The van der Waals surface area contributed by atoms with Crippen molar-refractivity contribution in [2.45, 2.75) is 0 Å². The van der Waals surface area contributed by atoms with E-state index in [1.165, 1.54) is 11.3 Å². The summed E-state index contributed by atoms with van der Waals surface area (Å²) in [7, 11) is 0. The molecule has 0 aliphatic carbocycles. The number of hydrogen-bond donors (Lipinski definition) is 0. The molecule has 0 saturated heterocycles. The van der Waals surface area contributed by atoms with Gasteiger partial charge in [0.1, 0.15) is 11.3 Å². The number of rotatable bonds is 1. The minimum absolute atomic E-state index is 0.292. The zero-order chi connectivity index (χ0) is 9.26. The fourth-order valence-electron chi connectivity index (χ4n) is 0.959. The third kappa shape index (κ3) is 1.62. The normalized spacial score (nSPS) is 10.3. The van der Waals surface area contributed by atoms with Crippen molar-refractivity contribution in [3.63, 3.8) is 0 Å².